The van der Waals surface area contributed by atoms with Gasteiger partial charge in [0.15, 0.2) is 0 Å². The molecule has 0 bridgehead atoms. The van der Waals surface area contributed by atoms with Gasteiger partial charge in [-0.15, -0.1) is 69.8 Å². The van der Waals surface area contributed by atoms with E-state index in [2.05, 4.69) is 113 Å². The van der Waals surface area contributed by atoms with Crippen LogP contribution in [0.3, 0.4) is 0 Å². The van der Waals surface area contributed by atoms with Gasteiger partial charge in [-0.05, 0) is 13.8 Å². The molecule has 0 amide bonds. The second-order valence-electron chi connectivity index (χ2n) is 8.11. The molecule has 2 aliphatic rings. The average Bonchev–Trinajstić information content (AvgIpc) is 3.61. The molecule has 0 atom stereocenters. The number of hydrogen-bond acceptors (Lipinski definition) is 0. The molecular weight excluding hydrogens is 662 g/mol. The summed E-state index contributed by atoms with van der Waals surface area (Å²) in [6.07, 6.45) is 20.0. The largest absolute Gasteiger partial charge is 4.00 e. The molecule has 0 N–H and O–H groups in total. The van der Waals surface area contributed by atoms with Crippen LogP contribution < -0.4 is 24.8 Å². The topological polar surface area (TPSA) is 0 Å². The van der Waals surface area contributed by atoms with Gasteiger partial charge in [-0.25, -0.2) is 24.3 Å². The molecule has 0 spiro atoms. The van der Waals surface area contributed by atoms with Crippen LogP contribution in [-0.2, 0) is 52.4 Å². The fourth-order valence-electron chi connectivity index (χ4n) is 3.77. The summed E-state index contributed by atoms with van der Waals surface area (Å²) >= 11 is 0. The molecule has 2 aliphatic carbocycles. The standard InChI is InChI=1S/2C11H11.2C5H5.2CH3.2ClH.2Zr/c2*1-8-4-3-5-10-9(2)6-7-11(8)10;2*1-2-4-5-3-1;;;;;;/h2*3-7H,1-2H3;2*1-3H,4H2;2*1H3;2*1H;;/q6*-1;;;2*+4/p-2. The minimum Gasteiger partial charge on any atom is -1.00 e. The van der Waals surface area contributed by atoms with E-state index in [-0.39, 0.29) is 92.1 Å². The van der Waals surface area contributed by atoms with E-state index >= 15 is 0 Å². The van der Waals surface area contributed by atoms with E-state index in [0.29, 0.717) is 0 Å². The Kier molecular flexibility index (Phi) is 27.6. The predicted molar refractivity (Wildman–Crippen MR) is 154 cm³/mol. The first-order valence-electron chi connectivity index (χ1n) is 11.2. The van der Waals surface area contributed by atoms with E-state index in [1.54, 1.807) is 0 Å². The van der Waals surface area contributed by atoms with Crippen molar-refractivity contribution < 1.29 is 77.2 Å². The Morgan fingerprint density at radius 2 is 0.974 bits per heavy atom. The summed E-state index contributed by atoms with van der Waals surface area (Å²) in [6, 6.07) is 21.6. The second-order valence-corrected chi connectivity index (χ2v) is 8.11. The number of benzene rings is 2. The van der Waals surface area contributed by atoms with Crippen molar-refractivity contribution in [1.82, 2.24) is 0 Å². The summed E-state index contributed by atoms with van der Waals surface area (Å²) < 4.78 is 0. The van der Waals surface area contributed by atoms with Gasteiger partial charge in [0.25, 0.3) is 0 Å². The summed E-state index contributed by atoms with van der Waals surface area (Å²) in [4.78, 5) is 0. The van der Waals surface area contributed by atoms with Crippen LogP contribution in [0.5, 0.6) is 0 Å². The molecule has 4 aromatic rings. The van der Waals surface area contributed by atoms with Gasteiger partial charge in [0, 0.05) is 0 Å². The van der Waals surface area contributed by atoms with Crippen molar-refractivity contribution in [3.05, 3.63) is 146 Å². The van der Waals surface area contributed by atoms with Gasteiger partial charge in [0.2, 0.25) is 0 Å². The zero-order chi connectivity index (χ0) is 22.8. The molecule has 38 heavy (non-hydrogen) atoms. The smallest absolute Gasteiger partial charge is 1.00 e. The van der Waals surface area contributed by atoms with E-state index in [1.807, 2.05) is 24.3 Å². The molecule has 0 aromatic heterocycles. The summed E-state index contributed by atoms with van der Waals surface area (Å²) in [5, 5.41) is 5.57. The fraction of sp³-hybridized carbons (Fsp3) is 0.176. The maximum atomic E-state index is 2.99. The molecule has 4 aromatic carbocycles. The number of rotatable bonds is 0. The second kappa shape index (κ2) is 23.8. The van der Waals surface area contributed by atoms with Crippen molar-refractivity contribution in [2.24, 2.45) is 0 Å². The number of fused-ring (bicyclic) bond motifs is 2. The van der Waals surface area contributed by atoms with Crippen LogP contribution in [0.2, 0.25) is 0 Å². The Morgan fingerprint density at radius 1 is 0.605 bits per heavy atom. The normalized spacial score (nSPS) is 10.8. The summed E-state index contributed by atoms with van der Waals surface area (Å²) in [5.41, 5.74) is 5.50. The molecule has 196 valence electrons. The first kappa shape index (κ1) is 44.0. The van der Waals surface area contributed by atoms with Gasteiger partial charge in [0.05, 0.1) is 0 Å². The van der Waals surface area contributed by atoms with Gasteiger partial charge in [0.1, 0.15) is 0 Å². The van der Waals surface area contributed by atoms with E-state index in [0.717, 1.165) is 12.8 Å². The molecule has 0 unspecified atom stereocenters. The minimum atomic E-state index is 0. The summed E-state index contributed by atoms with van der Waals surface area (Å²) in [6.45, 7) is 8.62. The monoisotopic (exact) mass is 696 g/mol. The Balaban J connectivity index is -0.000000203. The van der Waals surface area contributed by atoms with Gasteiger partial charge in [-0.1, -0.05) is 37.1 Å². The predicted octanol–water partition coefficient (Wildman–Crippen LogP) is 3.87. The van der Waals surface area contributed by atoms with E-state index in [4.69, 9.17) is 0 Å². The van der Waals surface area contributed by atoms with E-state index in [9.17, 15) is 0 Å². The van der Waals surface area contributed by atoms with Crippen molar-refractivity contribution in [2.45, 2.75) is 40.5 Å². The minimum absolute atomic E-state index is 0. The van der Waals surface area contributed by atoms with Crippen LogP contribution in [-0.4, -0.2) is 0 Å². The Hall–Kier alpha value is -1.03. The molecule has 0 aliphatic heterocycles. The molecule has 6 rings (SSSR count). The molecule has 0 fully saturated rings. The van der Waals surface area contributed by atoms with Crippen molar-refractivity contribution in [3.8, 4) is 0 Å². The molecule has 0 heterocycles. The third kappa shape index (κ3) is 13.4. The molecule has 4 heteroatoms. The Morgan fingerprint density at radius 3 is 1.21 bits per heavy atom. The molecular formula is C34H38Cl2Zr2. The van der Waals surface area contributed by atoms with Crippen LogP contribution >= 0.6 is 0 Å². The van der Waals surface area contributed by atoms with Crippen molar-refractivity contribution >= 4 is 21.5 Å². The van der Waals surface area contributed by atoms with Crippen LogP contribution in [0.25, 0.3) is 21.5 Å². The van der Waals surface area contributed by atoms with Crippen molar-refractivity contribution in [1.29, 1.82) is 0 Å². The molecule has 0 radical (unpaired) electrons. The van der Waals surface area contributed by atoms with Gasteiger partial charge < -0.3 is 39.7 Å². The van der Waals surface area contributed by atoms with Gasteiger partial charge in [-0.2, -0.15) is 36.4 Å². The number of halogens is 2. The third-order valence-electron chi connectivity index (χ3n) is 5.67. The maximum absolute atomic E-state index is 2.99. The number of allylic oxidation sites excluding steroid dienone is 8. The zero-order valence-corrected chi connectivity index (χ0v) is 29.8. The van der Waals surface area contributed by atoms with Gasteiger partial charge >= 0.3 is 52.4 Å². The number of hydrogen-bond donors (Lipinski definition) is 0. The molecule has 0 saturated heterocycles. The SMILES string of the molecule is Cc1cccc2c1cc[c-]2C.Cc1cccc2c1cc[c-]2C.[C-]1=CC=CC1.[C-]1=CC=CC1.[CH3-].[CH3-].[Cl-].[Cl-].[Zr+4].[Zr+4]. The fourth-order valence-corrected chi connectivity index (χ4v) is 3.77. The van der Waals surface area contributed by atoms with Crippen LogP contribution in [0.1, 0.15) is 35.1 Å². The summed E-state index contributed by atoms with van der Waals surface area (Å²) in [7, 11) is 0. The molecule has 0 nitrogen and oxygen atoms in total. The van der Waals surface area contributed by atoms with E-state index in [1.165, 1.54) is 43.8 Å². The quantitative estimate of drug-likeness (QED) is 0.245. The van der Waals surface area contributed by atoms with Crippen LogP contribution in [0, 0.1) is 54.7 Å². The van der Waals surface area contributed by atoms with Crippen molar-refractivity contribution in [2.75, 3.05) is 0 Å². The van der Waals surface area contributed by atoms with Gasteiger partial charge in [-0.3, -0.25) is 12.2 Å². The third-order valence-corrected chi connectivity index (χ3v) is 5.67. The van der Waals surface area contributed by atoms with Crippen LogP contribution in [0.4, 0.5) is 0 Å². The van der Waals surface area contributed by atoms with E-state index < -0.39 is 0 Å². The van der Waals surface area contributed by atoms with Crippen LogP contribution in [0.15, 0.2) is 97.1 Å². The molecule has 0 saturated carbocycles. The maximum Gasteiger partial charge on any atom is 4.00 e. The average molecular weight is 700 g/mol. The number of aryl methyl sites for hydroxylation is 4. The summed E-state index contributed by atoms with van der Waals surface area (Å²) in [5.74, 6) is 0. The zero-order valence-electron chi connectivity index (χ0n) is 23.4. The Labute approximate surface area is 283 Å². The first-order valence-corrected chi connectivity index (χ1v) is 11.2. The Bertz CT molecular complexity index is 1150. The van der Waals surface area contributed by atoms with Crippen molar-refractivity contribution in [3.63, 3.8) is 0 Å². The first-order chi connectivity index (χ1) is 15.6.